The lowest BCUT2D eigenvalue weighted by atomic mass is 9.63. The van der Waals surface area contributed by atoms with Crippen LogP contribution in [0.25, 0.3) is 0 Å². The highest BCUT2D eigenvalue weighted by Gasteiger charge is 2.65. The SMILES string of the molecule is C=CCOC(=O)C(C1=C(C(=O)O)N2C(=O)[C@H]([C@@](C)(O[SiH](C)C)C(C)(C)C)[C@H]2C1)C1CCNC1. The van der Waals surface area contributed by atoms with Crippen LogP contribution < -0.4 is 5.32 Å². The molecule has 0 bridgehead atoms. The molecule has 8 nitrogen and oxygen atoms in total. The van der Waals surface area contributed by atoms with Gasteiger partial charge in [0.1, 0.15) is 12.3 Å². The van der Waals surface area contributed by atoms with Gasteiger partial charge in [0.25, 0.3) is 0 Å². The van der Waals surface area contributed by atoms with E-state index < -0.39 is 38.4 Å². The number of carboxylic acid groups (broad SMARTS) is 1. The third-order valence-corrected chi connectivity index (χ3v) is 8.46. The van der Waals surface area contributed by atoms with Crippen LogP contribution >= 0.6 is 0 Å². The minimum Gasteiger partial charge on any atom is -0.477 e. The van der Waals surface area contributed by atoms with Crippen molar-refractivity contribution >= 4 is 26.9 Å². The Balaban J connectivity index is 2.01. The number of aliphatic carboxylic acids is 1. The number of amides is 1. The second-order valence-electron chi connectivity index (χ2n) is 10.8. The van der Waals surface area contributed by atoms with E-state index in [-0.39, 0.29) is 35.6 Å². The molecule has 3 aliphatic heterocycles. The fraction of sp³-hybridized carbons (Fsp3) is 0.708. The lowest BCUT2D eigenvalue weighted by Gasteiger charge is -2.57. The van der Waals surface area contributed by atoms with Gasteiger partial charge in [-0.25, -0.2) is 4.79 Å². The number of hydrogen-bond acceptors (Lipinski definition) is 6. The predicted octanol–water partition coefficient (Wildman–Crippen LogP) is 2.32. The first-order chi connectivity index (χ1) is 15.3. The molecule has 0 spiro atoms. The number of esters is 1. The maximum atomic E-state index is 13.5. The molecule has 0 aromatic heterocycles. The molecule has 3 rings (SSSR count). The van der Waals surface area contributed by atoms with Gasteiger partial charge in [-0.1, -0.05) is 33.4 Å². The topological polar surface area (TPSA) is 105 Å². The molecule has 2 fully saturated rings. The molecule has 0 aromatic rings. The Bertz CT molecular complexity index is 858. The Hall–Kier alpha value is -1.97. The summed E-state index contributed by atoms with van der Waals surface area (Å²) in [6.07, 6.45) is 2.59. The zero-order chi connectivity index (χ0) is 24.7. The Morgan fingerprint density at radius 3 is 2.48 bits per heavy atom. The van der Waals surface area contributed by atoms with Gasteiger partial charge in [0.15, 0.2) is 9.04 Å². The van der Waals surface area contributed by atoms with E-state index in [1.807, 2.05) is 6.92 Å². The highest BCUT2D eigenvalue weighted by Crippen LogP contribution is 2.54. The van der Waals surface area contributed by atoms with E-state index in [0.29, 0.717) is 18.5 Å². The van der Waals surface area contributed by atoms with E-state index in [4.69, 9.17) is 9.16 Å². The van der Waals surface area contributed by atoms with Crippen molar-refractivity contribution < 1.29 is 28.7 Å². The molecule has 3 heterocycles. The fourth-order valence-corrected chi connectivity index (χ4v) is 7.12. The number of rotatable bonds is 9. The number of nitrogens with one attached hydrogen (secondary N) is 1. The first-order valence-electron chi connectivity index (χ1n) is 11.8. The van der Waals surface area contributed by atoms with Crippen molar-refractivity contribution in [3.8, 4) is 0 Å². The quantitative estimate of drug-likeness (QED) is 0.227. The second kappa shape index (κ2) is 9.35. The smallest absolute Gasteiger partial charge is 0.352 e. The van der Waals surface area contributed by atoms with Gasteiger partial charge in [-0.2, -0.15) is 0 Å². The van der Waals surface area contributed by atoms with Crippen LogP contribution in [0.15, 0.2) is 23.9 Å². The summed E-state index contributed by atoms with van der Waals surface area (Å²) in [5, 5.41) is 13.4. The van der Waals surface area contributed by atoms with Gasteiger partial charge in [0.05, 0.1) is 23.5 Å². The highest BCUT2D eigenvalue weighted by molar-refractivity contribution is 6.48. The van der Waals surface area contributed by atoms with Crippen LogP contribution in [0.1, 0.15) is 40.5 Å². The van der Waals surface area contributed by atoms with Gasteiger partial charge < -0.3 is 24.5 Å². The molecule has 9 heteroatoms. The Labute approximate surface area is 198 Å². The maximum absolute atomic E-state index is 13.5. The van der Waals surface area contributed by atoms with Crippen molar-refractivity contribution in [3.05, 3.63) is 23.9 Å². The number of carbonyl (C=O) groups excluding carboxylic acids is 2. The third kappa shape index (κ3) is 4.42. The molecule has 1 amide bonds. The number of hydrogen-bond donors (Lipinski definition) is 2. The number of β-lactam (4-membered cyclic amide) rings is 1. The first-order valence-corrected chi connectivity index (χ1v) is 14.6. The zero-order valence-corrected chi connectivity index (χ0v) is 21.8. The average molecular weight is 479 g/mol. The predicted molar refractivity (Wildman–Crippen MR) is 127 cm³/mol. The largest absolute Gasteiger partial charge is 0.477 e. The molecule has 2 unspecified atom stereocenters. The summed E-state index contributed by atoms with van der Waals surface area (Å²) < 4.78 is 11.9. The molecule has 5 atom stereocenters. The van der Waals surface area contributed by atoms with Crippen molar-refractivity contribution in [2.45, 2.75) is 65.3 Å². The summed E-state index contributed by atoms with van der Waals surface area (Å²) in [5.41, 5.74) is -0.616. The highest BCUT2D eigenvalue weighted by atomic mass is 28.3. The second-order valence-corrected chi connectivity index (χ2v) is 13.1. The summed E-state index contributed by atoms with van der Waals surface area (Å²) in [6.45, 7) is 17.3. The molecule has 0 saturated carbocycles. The van der Waals surface area contributed by atoms with E-state index in [9.17, 15) is 19.5 Å². The molecule has 3 aliphatic rings. The van der Waals surface area contributed by atoms with Crippen LogP contribution in [-0.2, 0) is 23.5 Å². The van der Waals surface area contributed by atoms with Crippen molar-refractivity contribution in [1.29, 1.82) is 0 Å². The summed E-state index contributed by atoms with van der Waals surface area (Å²) in [4.78, 5) is 40.4. The third-order valence-electron chi connectivity index (χ3n) is 7.50. The molecular formula is C24H38N2O6Si. The average Bonchev–Trinajstić information content (AvgIpc) is 3.32. The van der Waals surface area contributed by atoms with Crippen molar-refractivity contribution in [3.63, 3.8) is 0 Å². The van der Waals surface area contributed by atoms with Gasteiger partial charge >= 0.3 is 11.9 Å². The number of ether oxygens (including phenoxy) is 1. The molecule has 184 valence electrons. The van der Waals surface area contributed by atoms with Gasteiger partial charge in [0.2, 0.25) is 5.91 Å². The Morgan fingerprint density at radius 2 is 2.00 bits per heavy atom. The van der Waals surface area contributed by atoms with Crippen LogP contribution in [0, 0.1) is 23.2 Å². The molecule has 0 aromatic carbocycles. The van der Waals surface area contributed by atoms with Crippen molar-refractivity contribution in [2.24, 2.45) is 23.2 Å². The normalized spacial score (nSPS) is 27.8. The van der Waals surface area contributed by atoms with E-state index in [0.717, 1.165) is 13.0 Å². The Kier molecular flexibility index (Phi) is 7.26. The minimum absolute atomic E-state index is 0.0493. The van der Waals surface area contributed by atoms with Crippen LogP contribution in [0.3, 0.4) is 0 Å². The first kappa shape index (κ1) is 25.6. The lowest BCUT2D eigenvalue weighted by molar-refractivity contribution is -0.180. The van der Waals surface area contributed by atoms with E-state index in [1.165, 1.54) is 11.0 Å². The Morgan fingerprint density at radius 1 is 1.33 bits per heavy atom. The van der Waals surface area contributed by atoms with Gasteiger partial charge in [-0.15, -0.1) is 0 Å². The zero-order valence-electron chi connectivity index (χ0n) is 20.6. The molecule has 0 aliphatic carbocycles. The summed E-state index contributed by atoms with van der Waals surface area (Å²) >= 11 is 0. The number of fused-ring (bicyclic) bond motifs is 1. The summed E-state index contributed by atoms with van der Waals surface area (Å²) in [6, 6.07) is -0.334. The van der Waals surface area contributed by atoms with Crippen molar-refractivity contribution in [1.82, 2.24) is 10.2 Å². The van der Waals surface area contributed by atoms with Crippen LogP contribution in [-0.4, -0.2) is 68.2 Å². The lowest BCUT2D eigenvalue weighted by Crippen LogP contribution is -2.70. The fourth-order valence-electron chi connectivity index (χ4n) is 5.64. The van der Waals surface area contributed by atoms with Crippen LogP contribution in [0.2, 0.25) is 13.1 Å². The van der Waals surface area contributed by atoms with E-state index in [1.54, 1.807) is 0 Å². The van der Waals surface area contributed by atoms with E-state index in [2.05, 4.69) is 45.8 Å². The maximum Gasteiger partial charge on any atom is 0.352 e. The standard InChI is InChI=1S/C24H38N2O6Si/c1-8-11-31-22(30)17(14-9-10-25-13-14)15-12-16-18(20(27)26(16)19(15)21(28)29)24(5,23(2,3)4)32-33(6)7/h8,14,16-18,25,33H,1,9-13H2,2-7H3,(H,28,29)/t14?,16-,17?,18-,24-/m1/s1. The van der Waals surface area contributed by atoms with Crippen molar-refractivity contribution in [2.75, 3.05) is 19.7 Å². The number of carboxylic acids is 1. The minimum atomic E-state index is -1.51. The molecule has 33 heavy (non-hydrogen) atoms. The van der Waals surface area contributed by atoms with Gasteiger partial charge in [0, 0.05) is 0 Å². The van der Waals surface area contributed by atoms with E-state index >= 15 is 0 Å². The summed E-state index contributed by atoms with van der Waals surface area (Å²) in [5.74, 6) is -3.11. The number of nitrogens with zero attached hydrogens (tertiary/aromatic N) is 1. The monoisotopic (exact) mass is 478 g/mol. The van der Waals surface area contributed by atoms with Crippen LogP contribution in [0.4, 0.5) is 0 Å². The van der Waals surface area contributed by atoms with Gasteiger partial charge in [-0.3, -0.25) is 9.59 Å². The molecule has 2 saturated heterocycles. The molecular weight excluding hydrogens is 440 g/mol. The van der Waals surface area contributed by atoms with Gasteiger partial charge in [-0.05, 0) is 62.9 Å². The summed E-state index contributed by atoms with van der Waals surface area (Å²) in [7, 11) is -1.51. The molecule has 0 radical (unpaired) electrons. The molecule has 2 N–H and O–H groups in total. The van der Waals surface area contributed by atoms with Crippen LogP contribution in [0.5, 0.6) is 0 Å². The number of carbonyl (C=O) groups is 3.